The molecule has 0 atom stereocenters. The molecule has 0 fully saturated rings. The molecule has 8 heteroatoms. The molecule has 0 unspecified atom stereocenters. The Kier molecular flexibility index (Phi) is 3.70. The molecule has 0 aliphatic heterocycles. The molecule has 0 spiro atoms. The van der Waals surface area contributed by atoms with Gasteiger partial charge in [-0.2, -0.15) is 0 Å². The molecule has 108 valence electrons. The van der Waals surface area contributed by atoms with E-state index in [2.05, 4.69) is 30.9 Å². The van der Waals surface area contributed by atoms with E-state index in [-0.39, 0.29) is 5.56 Å². The number of imidazole rings is 1. The maximum atomic E-state index is 11.7. The van der Waals surface area contributed by atoms with Crippen LogP contribution in [-0.2, 0) is 13.1 Å². The van der Waals surface area contributed by atoms with Gasteiger partial charge in [0.05, 0.1) is 6.33 Å². The van der Waals surface area contributed by atoms with Crippen LogP contribution in [0.15, 0.2) is 40.3 Å². The number of fused-ring (bicyclic) bond motifs is 1. The van der Waals surface area contributed by atoms with Crippen molar-refractivity contribution in [3.05, 3.63) is 45.8 Å². The van der Waals surface area contributed by atoms with Crippen molar-refractivity contribution < 1.29 is 0 Å². The minimum atomic E-state index is -0.0136. The van der Waals surface area contributed by atoms with Crippen molar-refractivity contribution in [2.45, 2.75) is 19.5 Å². The Labute approximate surface area is 128 Å². The average molecular weight is 349 g/mol. The smallest absolute Gasteiger partial charge is 0.250 e. The number of nitrogens with two attached hydrogens (primary N) is 1. The SMILES string of the molecule is Nc1ncnc2c1ncn2CCCn1cc(Br)ccc1=O. The summed E-state index contributed by atoms with van der Waals surface area (Å²) in [6.07, 6.45) is 5.69. The van der Waals surface area contributed by atoms with Crippen LogP contribution >= 0.6 is 15.9 Å². The van der Waals surface area contributed by atoms with E-state index < -0.39 is 0 Å². The largest absolute Gasteiger partial charge is 0.382 e. The summed E-state index contributed by atoms with van der Waals surface area (Å²) in [6, 6.07) is 3.28. The van der Waals surface area contributed by atoms with Gasteiger partial charge in [-0.1, -0.05) is 0 Å². The fourth-order valence-corrected chi connectivity index (χ4v) is 2.53. The summed E-state index contributed by atoms with van der Waals surface area (Å²) in [6.45, 7) is 1.32. The molecule has 0 saturated carbocycles. The molecule has 0 aromatic carbocycles. The molecule has 0 radical (unpaired) electrons. The number of halogens is 1. The normalized spacial score (nSPS) is 11.1. The van der Waals surface area contributed by atoms with Crippen LogP contribution in [0.5, 0.6) is 0 Å². The summed E-state index contributed by atoms with van der Waals surface area (Å²) in [5.41, 5.74) is 7.06. The third-order valence-corrected chi connectivity index (χ3v) is 3.64. The van der Waals surface area contributed by atoms with Gasteiger partial charge in [0.25, 0.3) is 5.56 Å². The van der Waals surface area contributed by atoms with Gasteiger partial charge in [0.15, 0.2) is 11.5 Å². The molecule has 2 N–H and O–H groups in total. The number of pyridine rings is 1. The van der Waals surface area contributed by atoms with Crippen molar-refractivity contribution in [1.82, 2.24) is 24.1 Å². The van der Waals surface area contributed by atoms with Gasteiger partial charge in [-0.25, -0.2) is 15.0 Å². The molecule has 0 aliphatic rings. The van der Waals surface area contributed by atoms with E-state index in [1.807, 2.05) is 4.57 Å². The molecular formula is C13H13BrN6O. The van der Waals surface area contributed by atoms with Crippen LogP contribution in [0.25, 0.3) is 11.2 Å². The van der Waals surface area contributed by atoms with Gasteiger partial charge >= 0.3 is 0 Å². The molecule has 0 amide bonds. The molecule has 3 heterocycles. The van der Waals surface area contributed by atoms with Gasteiger partial charge in [-0.05, 0) is 28.4 Å². The standard InChI is InChI=1S/C13H13BrN6O/c14-9-2-3-10(21)19(6-9)4-1-5-20-8-18-11-12(15)16-7-17-13(11)20/h2-3,6-8H,1,4-5H2,(H2,15,16,17). The van der Waals surface area contributed by atoms with Crippen LogP contribution in [0, 0.1) is 0 Å². The number of aromatic nitrogens is 5. The number of rotatable bonds is 4. The minimum absolute atomic E-state index is 0.0136. The van der Waals surface area contributed by atoms with Gasteiger partial charge in [-0.15, -0.1) is 0 Å². The summed E-state index contributed by atoms with van der Waals surface area (Å²) in [5.74, 6) is 0.377. The molecule has 3 aromatic rings. The van der Waals surface area contributed by atoms with E-state index in [0.717, 1.165) is 10.9 Å². The zero-order valence-electron chi connectivity index (χ0n) is 11.1. The predicted octanol–water partition coefficient (Wildman–Crippen LogP) is 1.42. The third-order valence-electron chi connectivity index (χ3n) is 3.17. The topological polar surface area (TPSA) is 91.6 Å². The van der Waals surface area contributed by atoms with Crippen LogP contribution in [-0.4, -0.2) is 24.1 Å². The second-order valence-corrected chi connectivity index (χ2v) is 5.52. The Morgan fingerprint density at radius 3 is 2.81 bits per heavy atom. The predicted molar refractivity (Wildman–Crippen MR) is 82.8 cm³/mol. The van der Waals surface area contributed by atoms with E-state index in [9.17, 15) is 4.79 Å². The van der Waals surface area contributed by atoms with E-state index in [0.29, 0.717) is 30.1 Å². The van der Waals surface area contributed by atoms with Crippen LogP contribution in [0.4, 0.5) is 5.82 Å². The van der Waals surface area contributed by atoms with Gasteiger partial charge in [0, 0.05) is 29.8 Å². The number of hydrogen-bond donors (Lipinski definition) is 1. The summed E-state index contributed by atoms with van der Waals surface area (Å²) in [5, 5.41) is 0. The first kappa shape index (κ1) is 13.7. The Morgan fingerprint density at radius 1 is 1.14 bits per heavy atom. The Bertz CT molecular complexity index is 840. The minimum Gasteiger partial charge on any atom is -0.382 e. The maximum absolute atomic E-state index is 11.7. The van der Waals surface area contributed by atoms with Crippen molar-refractivity contribution in [2.75, 3.05) is 5.73 Å². The lowest BCUT2D eigenvalue weighted by molar-refractivity contribution is 0.557. The van der Waals surface area contributed by atoms with Crippen LogP contribution in [0.1, 0.15) is 6.42 Å². The molecule has 0 bridgehead atoms. The second kappa shape index (κ2) is 5.65. The van der Waals surface area contributed by atoms with E-state index in [1.54, 1.807) is 29.2 Å². The highest BCUT2D eigenvalue weighted by Gasteiger charge is 2.07. The molecule has 3 aromatic heterocycles. The first-order valence-electron chi connectivity index (χ1n) is 6.42. The van der Waals surface area contributed by atoms with Gasteiger partial charge in [0.2, 0.25) is 0 Å². The molecule has 21 heavy (non-hydrogen) atoms. The summed E-state index contributed by atoms with van der Waals surface area (Å²) >= 11 is 3.36. The monoisotopic (exact) mass is 348 g/mol. The number of nitrogens with zero attached hydrogens (tertiary/aromatic N) is 5. The fraction of sp³-hybridized carbons (Fsp3) is 0.231. The quantitative estimate of drug-likeness (QED) is 0.769. The van der Waals surface area contributed by atoms with Crippen molar-refractivity contribution in [3.63, 3.8) is 0 Å². The van der Waals surface area contributed by atoms with E-state index in [4.69, 9.17) is 5.73 Å². The van der Waals surface area contributed by atoms with E-state index >= 15 is 0 Å². The first-order valence-corrected chi connectivity index (χ1v) is 7.22. The molecule has 7 nitrogen and oxygen atoms in total. The zero-order chi connectivity index (χ0) is 14.8. The molecule has 3 rings (SSSR count). The van der Waals surface area contributed by atoms with Crippen molar-refractivity contribution in [2.24, 2.45) is 0 Å². The number of hydrogen-bond acceptors (Lipinski definition) is 5. The van der Waals surface area contributed by atoms with Crippen molar-refractivity contribution >= 4 is 32.9 Å². The van der Waals surface area contributed by atoms with Crippen molar-refractivity contribution in [3.8, 4) is 0 Å². The fourth-order valence-electron chi connectivity index (χ4n) is 2.15. The third kappa shape index (κ3) is 2.80. The Hall–Kier alpha value is -2.22. The van der Waals surface area contributed by atoms with Crippen LogP contribution < -0.4 is 11.3 Å². The van der Waals surface area contributed by atoms with Crippen molar-refractivity contribution in [1.29, 1.82) is 0 Å². The highest BCUT2D eigenvalue weighted by molar-refractivity contribution is 9.10. The lowest BCUT2D eigenvalue weighted by Gasteiger charge is -2.07. The van der Waals surface area contributed by atoms with Crippen LogP contribution in [0.3, 0.4) is 0 Å². The van der Waals surface area contributed by atoms with Gasteiger partial charge < -0.3 is 14.9 Å². The lowest BCUT2D eigenvalue weighted by Crippen LogP contribution is -2.19. The van der Waals surface area contributed by atoms with E-state index in [1.165, 1.54) is 6.33 Å². The molecule has 0 saturated heterocycles. The van der Waals surface area contributed by atoms with Gasteiger partial charge in [0.1, 0.15) is 11.8 Å². The summed E-state index contributed by atoms with van der Waals surface area (Å²) in [4.78, 5) is 24.0. The maximum Gasteiger partial charge on any atom is 0.250 e. The van der Waals surface area contributed by atoms with Crippen LogP contribution in [0.2, 0.25) is 0 Å². The zero-order valence-corrected chi connectivity index (χ0v) is 12.7. The number of anilines is 1. The average Bonchev–Trinajstić information content (AvgIpc) is 2.88. The summed E-state index contributed by atoms with van der Waals surface area (Å²) in [7, 11) is 0. The Balaban J connectivity index is 1.74. The lowest BCUT2D eigenvalue weighted by atomic mass is 10.4. The molecule has 0 aliphatic carbocycles. The first-order chi connectivity index (χ1) is 10.1. The second-order valence-electron chi connectivity index (χ2n) is 4.60. The number of nitrogen functional groups attached to an aromatic ring is 1. The summed E-state index contributed by atoms with van der Waals surface area (Å²) < 4.78 is 4.47. The number of aryl methyl sites for hydroxylation is 2. The Morgan fingerprint density at radius 2 is 1.95 bits per heavy atom. The molecular weight excluding hydrogens is 336 g/mol. The highest BCUT2D eigenvalue weighted by atomic mass is 79.9. The highest BCUT2D eigenvalue weighted by Crippen LogP contribution is 2.14. The van der Waals surface area contributed by atoms with Gasteiger partial charge in [-0.3, -0.25) is 4.79 Å².